The van der Waals surface area contributed by atoms with Crippen molar-refractivity contribution in [2.75, 3.05) is 12.4 Å². The van der Waals surface area contributed by atoms with Crippen molar-refractivity contribution in [1.29, 1.82) is 0 Å². The Bertz CT molecular complexity index is 573. The average Bonchev–Trinajstić information content (AvgIpc) is 2.43. The second kappa shape index (κ2) is 6.74. The maximum Gasteiger partial charge on any atom is 0.0726 e. The first kappa shape index (κ1) is 14.8. The zero-order valence-corrected chi connectivity index (χ0v) is 13.2. The third-order valence-electron chi connectivity index (χ3n) is 3.63. The van der Waals surface area contributed by atoms with E-state index in [2.05, 4.69) is 50.4 Å². The smallest absolute Gasteiger partial charge is 0.0726 e. The van der Waals surface area contributed by atoms with Gasteiger partial charge in [0.25, 0.3) is 0 Å². The molecule has 0 atom stereocenters. The third kappa shape index (κ3) is 3.50. The number of nitrogens with one attached hydrogen (secondary N) is 1. The summed E-state index contributed by atoms with van der Waals surface area (Å²) in [6.07, 6.45) is 4.67. The molecule has 0 spiro atoms. The van der Waals surface area contributed by atoms with Crippen LogP contribution in [-0.2, 0) is 12.8 Å². The van der Waals surface area contributed by atoms with Crippen molar-refractivity contribution in [3.05, 3.63) is 35.5 Å². The van der Waals surface area contributed by atoms with E-state index in [1.807, 2.05) is 7.05 Å². The predicted octanol–water partition coefficient (Wildman–Crippen LogP) is 4.82. The molecule has 2 heteroatoms. The van der Waals surface area contributed by atoms with Gasteiger partial charge in [0.05, 0.1) is 5.52 Å². The van der Waals surface area contributed by atoms with Crippen molar-refractivity contribution in [2.24, 2.45) is 5.92 Å². The lowest BCUT2D eigenvalue weighted by Gasteiger charge is -2.12. The molecule has 2 nitrogen and oxygen atoms in total. The fourth-order valence-corrected chi connectivity index (χ4v) is 2.59. The van der Waals surface area contributed by atoms with Crippen LogP contribution >= 0.6 is 0 Å². The minimum atomic E-state index is 0.633. The third-order valence-corrected chi connectivity index (χ3v) is 3.63. The summed E-state index contributed by atoms with van der Waals surface area (Å²) in [4.78, 5) is 4.81. The van der Waals surface area contributed by atoms with Crippen LogP contribution in [0.15, 0.2) is 24.3 Å². The number of aryl methyl sites for hydroxylation is 1. The van der Waals surface area contributed by atoms with Gasteiger partial charge >= 0.3 is 0 Å². The zero-order chi connectivity index (χ0) is 14.5. The van der Waals surface area contributed by atoms with Crippen molar-refractivity contribution < 1.29 is 0 Å². The number of pyridine rings is 1. The lowest BCUT2D eigenvalue weighted by molar-refractivity contribution is 0.637. The van der Waals surface area contributed by atoms with Gasteiger partial charge in [0.15, 0.2) is 0 Å². The molecule has 0 bridgehead atoms. The number of anilines is 1. The first-order valence-corrected chi connectivity index (χ1v) is 7.74. The van der Waals surface area contributed by atoms with Crippen LogP contribution in [0.5, 0.6) is 0 Å². The van der Waals surface area contributed by atoms with E-state index >= 15 is 0 Å². The van der Waals surface area contributed by atoms with Gasteiger partial charge < -0.3 is 5.32 Å². The Hall–Kier alpha value is -1.57. The standard InChI is InChI=1S/C18H26N2/c1-5-6-7-14-8-9-17-16(11-14)18(19-4)12-15(20-17)10-13(2)3/h8-9,11-13H,5-7,10H2,1-4H3,(H,19,20). The Balaban J connectivity index is 2.41. The van der Waals surface area contributed by atoms with Gasteiger partial charge in [0.1, 0.15) is 0 Å². The summed E-state index contributed by atoms with van der Waals surface area (Å²) in [6.45, 7) is 6.71. The molecule has 2 aromatic rings. The Morgan fingerprint density at radius 1 is 1.20 bits per heavy atom. The van der Waals surface area contributed by atoms with E-state index in [1.165, 1.54) is 35.2 Å². The molecule has 0 saturated carbocycles. The van der Waals surface area contributed by atoms with Crippen molar-refractivity contribution in [3.8, 4) is 0 Å². The van der Waals surface area contributed by atoms with Gasteiger partial charge in [-0.1, -0.05) is 33.3 Å². The molecule has 20 heavy (non-hydrogen) atoms. The topological polar surface area (TPSA) is 24.9 Å². The van der Waals surface area contributed by atoms with Crippen LogP contribution in [0.25, 0.3) is 10.9 Å². The van der Waals surface area contributed by atoms with E-state index < -0.39 is 0 Å². The Morgan fingerprint density at radius 3 is 2.65 bits per heavy atom. The molecule has 1 aromatic heterocycles. The summed E-state index contributed by atoms with van der Waals surface area (Å²) in [6, 6.07) is 8.89. The van der Waals surface area contributed by atoms with Crippen LogP contribution in [0, 0.1) is 5.92 Å². The molecule has 1 aromatic carbocycles. The van der Waals surface area contributed by atoms with Gasteiger partial charge in [-0.3, -0.25) is 4.98 Å². The monoisotopic (exact) mass is 270 g/mol. The SMILES string of the molecule is CCCCc1ccc2nc(CC(C)C)cc(NC)c2c1. The highest BCUT2D eigenvalue weighted by Gasteiger charge is 2.07. The first-order valence-electron chi connectivity index (χ1n) is 7.74. The molecule has 2 rings (SSSR count). The molecule has 1 heterocycles. The van der Waals surface area contributed by atoms with Crippen molar-refractivity contribution in [3.63, 3.8) is 0 Å². The van der Waals surface area contributed by atoms with E-state index in [0.717, 1.165) is 18.4 Å². The van der Waals surface area contributed by atoms with E-state index in [4.69, 9.17) is 4.98 Å². The first-order chi connectivity index (χ1) is 9.63. The number of rotatable bonds is 6. The quantitative estimate of drug-likeness (QED) is 0.814. The fraction of sp³-hybridized carbons (Fsp3) is 0.500. The molecular weight excluding hydrogens is 244 g/mol. The summed E-state index contributed by atoms with van der Waals surface area (Å²) in [7, 11) is 1.99. The Labute approximate surface area is 122 Å². The van der Waals surface area contributed by atoms with Crippen molar-refractivity contribution in [1.82, 2.24) is 4.98 Å². The van der Waals surface area contributed by atoms with Gasteiger partial charge in [-0.25, -0.2) is 0 Å². The number of fused-ring (bicyclic) bond motifs is 1. The highest BCUT2D eigenvalue weighted by molar-refractivity contribution is 5.91. The molecular formula is C18H26N2. The van der Waals surface area contributed by atoms with Crippen LogP contribution in [0.1, 0.15) is 44.9 Å². The summed E-state index contributed by atoms with van der Waals surface area (Å²) in [5.74, 6) is 0.633. The van der Waals surface area contributed by atoms with E-state index in [-0.39, 0.29) is 0 Å². The van der Waals surface area contributed by atoms with Gasteiger partial charge in [-0.2, -0.15) is 0 Å². The minimum absolute atomic E-state index is 0.633. The number of nitrogens with zero attached hydrogens (tertiary/aromatic N) is 1. The lowest BCUT2D eigenvalue weighted by atomic mass is 10.0. The number of hydrogen-bond acceptors (Lipinski definition) is 2. The molecule has 108 valence electrons. The van der Waals surface area contributed by atoms with Gasteiger partial charge in [0, 0.05) is 23.8 Å². The molecule has 0 saturated heterocycles. The zero-order valence-electron chi connectivity index (χ0n) is 13.2. The number of unbranched alkanes of at least 4 members (excludes halogenated alkanes) is 1. The van der Waals surface area contributed by atoms with Gasteiger partial charge in [-0.15, -0.1) is 0 Å². The van der Waals surface area contributed by atoms with Crippen LogP contribution in [0.2, 0.25) is 0 Å². The van der Waals surface area contributed by atoms with Crippen LogP contribution < -0.4 is 5.32 Å². The number of aromatic nitrogens is 1. The van der Waals surface area contributed by atoms with Gasteiger partial charge in [0.2, 0.25) is 0 Å². The highest BCUT2D eigenvalue weighted by atomic mass is 14.8. The van der Waals surface area contributed by atoms with E-state index in [9.17, 15) is 0 Å². The van der Waals surface area contributed by atoms with Crippen LogP contribution in [0.3, 0.4) is 0 Å². The highest BCUT2D eigenvalue weighted by Crippen LogP contribution is 2.25. The molecule has 0 unspecified atom stereocenters. The van der Waals surface area contributed by atoms with Crippen LogP contribution in [0.4, 0.5) is 5.69 Å². The Morgan fingerprint density at radius 2 is 2.00 bits per heavy atom. The van der Waals surface area contributed by atoms with Crippen LogP contribution in [-0.4, -0.2) is 12.0 Å². The summed E-state index contributed by atoms with van der Waals surface area (Å²) >= 11 is 0. The molecule has 0 aliphatic heterocycles. The normalized spacial score (nSPS) is 11.2. The number of hydrogen-bond donors (Lipinski definition) is 1. The van der Waals surface area contributed by atoms with Crippen molar-refractivity contribution in [2.45, 2.75) is 46.5 Å². The Kier molecular flexibility index (Phi) is 4.99. The maximum atomic E-state index is 4.81. The minimum Gasteiger partial charge on any atom is -0.388 e. The van der Waals surface area contributed by atoms with Gasteiger partial charge in [-0.05, 0) is 48.9 Å². The van der Waals surface area contributed by atoms with E-state index in [1.54, 1.807) is 0 Å². The summed E-state index contributed by atoms with van der Waals surface area (Å²) in [5.41, 5.74) is 4.89. The second-order valence-electron chi connectivity index (χ2n) is 5.96. The second-order valence-corrected chi connectivity index (χ2v) is 5.96. The average molecular weight is 270 g/mol. The maximum absolute atomic E-state index is 4.81. The summed E-state index contributed by atoms with van der Waals surface area (Å²) in [5, 5.41) is 4.57. The largest absolute Gasteiger partial charge is 0.388 e. The lowest BCUT2D eigenvalue weighted by Crippen LogP contribution is -2.01. The molecule has 0 amide bonds. The number of benzene rings is 1. The molecule has 0 aliphatic carbocycles. The molecule has 0 radical (unpaired) electrons. The molecule has 0 fully saturated rings. The predicted molar refractivity (Wildman–Crippen MR) is 88.4 cm³/mol. The molecule has 1 N–H and O–H groups in total. The molecule has 0 aliphatic rings. The summed E-state index contributed by atoms with van der Waals surface area (Å²) < 4.78 is 0. The van der Waals surface area contributed by atoms with E-state index in [0.29, 0.717) is 5.92 Å². The fourth-order valence-electron chi connectivity index (χ4n) is 2.59. The van der Waals surface area contributed by atoms with Crippen molar-refractivity contribution >= 4 is 16.6 Å².